The molecule has 2 aromatic heterocycles. The number of hydrogen-bond acceptors (Lipinski definition) is 10. The molecule has 4 aromatic rings. The highest BCUT2D eigenvalue weighted by atomic mass is 32.2. The molecule has 14 heteroatoms. The first kappa shape index (κ1) is 26.7. The summed E-state index contributed by atoms with van der Waals surface area (Å²) in [4.78, 5) is 44.8. The summed E-state index contributed by atoms with van der Waals surface area (Å²) in [6, 6.07) is 11.4. The Kier molecular flexibility index (Phi) is 8.22. The van der Waals surface area contributed by atoms with Crippen LogP contribution >= 0.6 is 34.4 Å². The number of sulfone groups is 1. The highest BCUT2D eigenvalue weighted by Crippen LogP contribution is 2.29. The van der Waals surface area contributed by atoms with E-state index in [2.05, 4.69) is 25.9 Å². The predicted molar refractivity (Wildman–Crippen MR) is 147 cm³/mol. The lowest BCUT2D eigenvalue weighted by atomic mass is 10.3. The van der Waals surface area contributed by atoms with Crippen molar-refractivity contribution in [3.8, 4) is 0 Å². The van der Waals surface area contributed by atoms with E-state index in [1.165, 1.54) is 47.4 Å². The van der Waals surface area contributed by atoms with Crippen LogP contribution in [0, 0.1) is 0 Å². The monoisotopic (exact) mass is 575 g/mol. The minimum absolute atomic E-state index is 0.0361. The third-order valence-corrected chi connectivity index (χ3v) is 8.84. The van der Waals surface area contributed by atoms with Gasteiger partial charge in [-0.05, 0) is 42.5 Å². The van der Waals surface area contributed by atoms with Crippen molar-refractivity contribution < 1.29 is 22.8 Å². The van der Waals surface area contributed by atoms with Crippen molar-refractivity contribution in [2.45, 2.75) is 22.6 Å². The first-order valence-electron chi connectivity index (χ1n) is 10.7. The Labute approximate surface area is 224 Å². The van der Waals surface area contributed by atoms with Crippen LogP contribution in [0.2, 0.25) is 0 Å². The Morgan fingerprint density at radius 1 is 0.946 bits per heavy atom. The number of aromatic nitrogens is 2. The molecule has 0 saturated carbocycles. The number of anilines is 3. The number of thioether (sulfide) groups is 1. The van der Waals surface area contributed by atoms with Crippen molar-refractivity contribution in [3.05, 3.63) is 53.5 Å². The van der Waals surface area contributed by atoms with E-state index in [0.717, 1.165) is 6.26 Å². The minimum Gasteiger partial charge on any atom is -0.326 e. The van der Waals surface area contributed by atoms with E-state index in [0.29, 0.717) is 36.8 Å². The van der Waals surface area contributed by atoms with E-state index < -0.39 is 9.84 Å². The highest BCUT2D eigenvalue weighted by molar-refractivity contribution is 8.01. The second-order valence-corrected chi connectivity index (χ2v) is 13.0. The van der Waals surface area contributed by atoms with E-state index in [-0.39, 0.29) is 34.8 Å². The van der Waals surface area contributed by atoms with Crippen LogP contribution < -0.4 is 16.0 Å². The first-order chi connectivity index (χ1) is 17.5. The van der Waals surface area contributed by atoms with Gasteiger partial charge in [0.2, 0.25) is 17.7 Å². The van der Waals surface area contributed by atoms with Crippen molar-refractivity contribution in [2.75, 3.05) is 28.0 Å². The summed E-state index contributed by atoms with van der Waals surface area (Å²) in [6.07, 6.45) is 1.17. The lowest BCUT2D eigenvalue weighted by Crippen LogP contribution is -2.14. The maximum absolute atomic E-state index is 12.5. The van der Waals surface area contributed by atoms with Gasteiger partial charge in [-0.15, -0.1) is 11.3 Å². The van der Waals surface area contributed by atoms with Crippen LogP contribution in [-0.2, 0) is 30.6 Å². The summed E-state index contributed by atoms with van der Waals surface area (Å²) in [5.74, 6) is -0.532. The molecule has 3 N–H and O–H groups in total. The lowest BCUT2D eigenvalue weighted by molar-refractivity contribution is -0.116. The molecule has 0 unspecified atom stereocenters. The summed E-state index contributed by atoms with van der Waals surface area (Å²) in [5, 5.41) is 10.3. The van der Waals surface area contributed by atoms with E-state index in [4.69, 9.17) is 0 Å². The molecule has 2 heterocycles. The number of carbonyl (C=O) groups excluding carboxylic acids is 3. The van der Waals surface area contributed by atoms with Crippen LogP contribution in [0.5, 0.6) is 0 Å². The van der Waals surface area contributed by atoms with Gasteiger partial charge in [0, 0.05) is 29.9 Å². The Hall–Kier alpha value is -3.33. The summed E-state index contributed by atoms with van der Waals surface area (Å²) < 4.78 is 24.8. The van der Waals surface area contributed by atoms with Crippen LogP contribution in [-0.4, -0.2) is 48.1 Å². The molecule has 0 bridgehead atoms. The van der Waals surface area contributed by atoms with Gasteiger partial charge >= 0.3 is 0 Å². The number of carbonyl (C=O) groups is 3. The maximum atomic E-state index is 12.5. The minimum atomic E-state index is -3.33. The van der Waals surface area contributed by atoms with Gasteiger partial charge in [-0.2, -0.15) is 0 Å². The number of thiazole rings is 2. The Morgan fingerprint density at radius 3 is 2.32 bits per heavy atom. The average Bonchev–Trinajstić information content (AvgIpc) is 3.43. The van der Waals surface area contributed by atoms with Crippen molar-refractivity contribution >= 4 is 88.7 Å². The van der Waals surface area contributed by atoms with Gasteiger partial charge < -0.3 is 16.0 Å². The van der Waals surface area contributed by atoms with Gasteiger partial charge in [-0.25, -0.2) is 18.4 Å². The Balaban J connectivity index is 1.27. The molecule has 10 nitrogen and oxygen atoms in total. The second kappa shape index (κ2) is 11.4. The number of rotatable bonds is 9. The number of fused-ring (bicyclic) bond motifs is 1. The van der Waals surface area contributed by atoms with Crippen LogP contribution in [0.15, 0.2) is 57.1 Å². The van der Waals surface area contributed by atoms with Crippen LogP contribution in [0.3, 0.4) is 0 Å². The van der Waals surface area contributed by atoms with Gasteiger partial charge in [-0.3, -0.25) is 14.4 Å². The number of hydrogen-bond donors (Lipinski definition) is 3. The maximum Gasteiger partial charge on any atom is 0.234 e. The van der Waals surface area contributed by atoms with E-state index in [1.807, 2.05) is 0 Å². The molecule has 0 radical (unpaired) electrons. The summed E-state index contributed by atoms with van der Waals surface area (Å²) >= 11 is 3.80. The molecule has 0 fully saturated rings. The Bertz CT molecular complexity index is 1580. The molecular formula is C23H21N5O5S4. The van der Waals surface area contributed by atoms with Gasteiger partial charge in [0.25, 0.3) is 0 Å². The molecule has 192 valence electrons. The zero-order chi connectivity index (χ0) is 26.6. The fourth-order valence-corrected chi connectivity index (χ4v) is 6.41. The summed E-state index contributed by atoms with van der Waals surface area (Å²) in [7, 11) is -3.33. The smallest absolute Gasteiger partial charge is 0.234 e. The van der Waals surface area contributed by atoms with E-state index >= 15 is 0 Å². The zero-order valence-electron chi connectivity index (χ0n) is 19.6. The number of nitrogens with one attached hydrogen (secondary N) is 3. The molecular weight excluding hydrogens is 555 g/mol. The molecule has 0 saturated heterocycles. The quantitative estimate of drug-likeness (QED) is 0.254. The molecule has 37 heavy (non-hydrogen) atoms. The zero-order valence-corrected chi connectivity index (χ0v) is 22.9. The standard InChI is InChI=1S/C23H21N5O5S4/c1-13(29)24-14-3-5-15(6-4-14)25-21(31)12-35-23-26-16(11-34-23)9-20(30)28-22-27-18-8-7-17(37(2,32)33)10-19(18)36-22/h3-8,10-11H,9,12H2,1-2H3,(H,24,29)(H,25,31)(H,27,28,30). The van der Waals surface area contributed by atoms with Crippen LogP contribution in [0.25, 0.3) is 10.2 Å². The third kappa shape index (κ3) is 7.58. The third-order valence-electron chi connectivity index (χ3n) is 4.72. The van der Waals surface area contributed by atoms with Gasteiger partial charge in [0.1, 0.15) is 0 Å². The number of benzene rings is 2. The number of amides is 3. The van der Waals surface area contributed by atoms with Crippen LogP contribution in [0.1, 0.15) is 12.6 Å². The normalized spacial score (nSPS) is 11.3. The molecule has 2 aromatic carbocycles. The second-order valence-electron chi connectivity index (χ2n) is 7.85. The fourth-order valence-electron chi connectivity index (χ4n) is 3.12. The number of nitrogens with zero attached hydrogens (tertiary/aromatic N) is 2. The van der Waals surface area contributed by atoms with Crippen molar-refractivity contribution in [1.82, 2.24) is 9.97 Å². The van der Waals surface area contributed by atoms with Crippen LogP contribution in [0.4, 0.5) is 16.5 Å². The molecule has 0 spiro atoms. The van der Waals surface area contributed by atoms with Crippen molar-refractivity contribution in [1.29, 1.82) is 0 Å². The van der Waals surface area contributed by atoms with Crippen molar-refractivity contribution in [3.63, 3.8) is 0 Å². The Morgan fingerprint density at radius 2 is 1.65 bits per heavy atom. The van der Waals surface area contributed by atoms with Gasteiger partial charge in [0.05, 0.1) is 33.0 Å². The average molecular weight is 576 g/mol. The van der Waals surface area contributed by atoms with Crippen molar-refractivity contribution in [2.24, 2.45) is 0 Å². The van der Waals surface area contributed by atoms with Gasteiger partial charge in [0.15, 0.2) is 19.3 Å². The largest absolute Gasteiger partial charge is 0.326 e. The molecule has 0 aliphatic rings. The van der Waals surface area contributed by atoms with Gasteiger partial charge in [-0.1, -0.05) is 23.1 Å². The summed E-state index contributed by atoms with van der Waals surface area (Å²) in [5.41, 5.74) is 2.42. The molecule has 0 atom stereocenters. The predicted octanol–water partition coefficient (Wildman–Crippen LogP) is 4.03. The first-order valence-corrected chi connectivity index (χ1v) is 15.3. The molecule has 4 rings (SSSR count). The summed E-state index contributed by atoms with van der Waals surface area (Å²) in [6.45, 7) is 1.42. The topological polar surface area (TPSA) is 147 Å². The lowest BCUT2D eigenvalue weighted by Gasteiger charge is -2.06. The van der Waals surface area contributed by atoms with E-state index in [9.17, 15) is 22.8 Å². The fraction of sp³-hybridized carbons (Fsp3) is 0.174. The molecule has 3 amide bonds. The molecule has 0 aliphatic heterocycles. The highest BCUT2D eigenvalue weighted by Gasteiger charge is 2.14. The van der Waals surface area contributed by atoms with E-state index in [1.54, 1.807) is 41.8 Å². The molecule has 0 aliphatic carbocycles. The SMILES string of the molecule is CC(=O)Nc1ccc(NC(=O)CSc2nc(CC(=O)Nc3nc4ccc(S(C)(=O)=O)cc4s3)cs2)cc1.